The molecule has 0 spiro atoms. The fourth-order valence-corrected chi connectivity index (χ4v) is 2.33. The van der Waals surface area contributed by atoms with Gasteiger partial charge in [0.1, 0.15) is 12.2 Å². The van der Waals surface area contributed by atoms with E-state index in [1.54, 1.807) is 12.1 Å². The third-order valence-electron chi connectivity index (χ3n) is 3.09. The topological polar surface area (TPSA) is 63.6 Å². The maximum atomic E-state index is 11.9. The summed E-state index contributed by atoms with van der Waals surface area (Å²) in [5.41, 5.74) is -0.100. The Morgan fingerprint density at radius 3 is 2.25 bits per heavy atom. The maximum absolute atomic E-state index is 11.9. The smallest absolute Gasteiger partial charge is 0.297 e. The van der Waals surface area contributed by atoms with Gasteiger partial charge in [-0.1, -0.05) is 43.4 Å². The van der Waals surface area contributed by atoms with Crippen LogP contribution in [0.4, 0.5) is 0 Å². The van der Waals surface area contributed by atoms with Gasteiger partial charge in [-0.15, -0.1) is 0 Å². The second-order valence-electron chi connectivity index (χ2n) is 4.57. The monoisotopic (exact) mass is 296 g/mol. The maximum Gasteiger partial charge on any atom is 0.297 e. The Balaban J connectivity index is 2.70. The first-order chi connectivity index (χ1) is 9.33. The molecule has 5 heteroatoms. The van der Waals surface area contributed by atoms with Crippen LogP contribution < -0.4 is 0 Å². The quantitative estimate of drug-likeness (QED) is 0.668. The van der Waals surface area contributed by atoms with Gasteiger partial charge < -0.3 is 5.11 Å². The Morgan fingerprint density at radius 1 is 1.20 bits per heavy atom. The molecule has 1 aromatic rings. The highest BCUT2D eigenvalue weighted by Gasteiger charge is 2.18. The zero-order chi connectivity index (χ0) is 15.2. The first-order valence-corrected chi connectivity index (χ1v) is 7.92. The van der Waals surface area contributed by atoms with Gasteiger partial charge in [-0.25, -0.2) is 0 Å². The van der Waals surface area contributed by atoms with Crippen molar-refractivity contribution in [3.8, 4) is 11.8 Å². The Kier molecular flexibility index (Phi) is 5.75. The van der Waals surface area contributed by atoms with E-state index in [0.717, 1.165) is 5.56 Å². The number of hydrogen-bond acceptors (Lipinski definition) is 4. The molecule has 1 aromatic carbocycles. The number of benzene rings is 1. The summed E-state index contributed by atoms with van der Waals surface area (Å²) in [5.74, 6) is 5.21. The van der Waals surface area contributed by atoms with Gasteiger partial charge in [0.15, 0.2) is 0 Å². The minimum absolute atomic E-state index is 0.103. The molecule has 0 bridgehead atoms. The number of aryl methyl sites for hydroxylation is 1. The van der Waals surface area contributed by atoms with Crippen molar-refractivity contribution in [3.05, 3.63) is 29.8 Å². The van der Waals surface area contributed by atoms with Gasteiger partial charge in [0, 0.05) is 0 Å². The van der Waals surface area contributed by atoms with Gasteiger partial charge in [-0.05, 0) is 31.9 Å². The Labute approximate surface area is 120 Å². The molecule has 1 rings (SSSR count). The molecule has 0 saturated heterocycles. The van der Waals surface area contributed by atoms with Crippen LogP contribution in [0.25, 0.3) is 0 Å². The molecule has 0 aliphatic rings. The van der Waals surface area contributed by atoms with Crippen molar-refractivity contribution in [2.75, 3.05) is 6.61 Å². The lowest BCUT2D eigenvalue weighted by atomic mass is 9.99. The minimum Gasteiger partial charge on any atom is -0.378 e. The second-order valence-corrected chi connectivity index (χ2v) is 6.19. The van der Waals surface area contributed by atoms with Crippen molar-refractivity contribution in [2.45, 2.75) is 44.1 Å². The molecule has 0 amide bonds. The van der Waals surface area contributed by atoms with Crippen LogP contribution in [0.3, 0.4) is 0 Å². The van der Waals surface area contributed by atoms with Crippen molar-refractivity contribution in [3.63, 3.8) is 0 Å². The molecule has 1 N–H and O–H groups in total. The third-order valence-corrected chi connectivity index (χ3v) is 4.36. The number of hydrogen-bond donors (Lipinski definition) is 1. The molecule has 0 atom stereocenters. The van der Waals surface area contributed by atoms with Gasteiger partial charge in [0.2, 0.25) is 0 Å². The SMILES string of the molecule is CCC(O)(C#CCOS(=O)(=O)c1ccc(C)cc1)CC. The van der Waals surface area contributed by atoms with Crippen LogP contribution >= 0.6 is 0 Å². The van der Waals surface area contributed by atoms with Crippen LogP contribution in [0.2, 0.25) is 0 Å². The Hall–Kier alpha value is -1.35. The van der Waals surface area contributed by atoms with Gasteiger partial charge in [0.05, 0.1) is 4.90 Å². The summed E-state index contributed by atoms with van der Waals surface area (Å²) in [5, 5.41) is 9.93. The number of rotatable bonds is 5. The molecular weight excluding hydrogens is 276 g/mol. The van der Waals surface area contributed by atoms with Gasteiger partial charge in [-0.2, -0.15) is 8.42 Å². The van der Waals surface area contributed by atoms with E-state index in [-0.39, 0.29) is 11.5 Å². The zero-order valence-corrected chi connectivity index (χ0v) is 12.8. The molecule has 0 fully saturated rings. The molecular formula is C15H20O4S. The standard InChI is InChI=1S/C15H20O4S/c1-4-15(16,5-2)11-6-12-19-20(17,18)14-9-7-13(3)8-10-14/h7-10,16H,4-5,12H2,1-3H3. The molecule has 0 aromatic heterocycles. The van der Waals surface area contributed by atoms with Crippen LogP contribution in [0.15, 0.2) is 29.2 Å². The van der Waals surface area contributed by atoms with Crippen LogP contribution in [-0.4, -0.2) is 25.7 Å². The Bertz CT molecular complexity index is 587. The summed E-state index contributed by atoms with van der Waals surface area (Å²) in [4.78, 5) is 0.103. The van der Waals surface area contributed by atoms with Crippen LogP contribution in [0.1, 0.15) is 32.3 Å². The van der Waals surface area contributed by atoms with E-state index in [1.165, 1.54) is 12.1 Å². The lowest BCUT2D eigenvalue weighted by Gasteiger charge is -2.16. The van der Waals surface area contributed by atoms with E-state index in [4.69, 9.17) is 4.18 Å². The van der Waals surface area contributed by atoms with E-state index in [0.29, 0.717) is 12.8 Å². The van der Waals surface area contributed by atoms with Gasteiger partial charge in [0.25, 0.3) is 10.1 Å². The molecule has 0 heterocycles. The normalized spacial score (nSPS) is 11.8. The fraction of sp³-hybridized carbons (Fsp3) is 0.467. The van der Waals surface area contributed by atoms with Crippen LogP contribution in [-0.2, 0) is 14.3 Å². The molecule has 20 heavy (non-hydrogen) atoms. The van der Waals surface area contributed by atoms with Gasteiger partial charge in [-0.3, -0.25) is 4.18 Å². The molecule has 0 aliphatic heterocycles. The molecule has 0 saturated carbocycles. The third kappa shape index (κ3) is 4.64. The van der Waals surface area contributed by atoms with Crippen molar-refractivity contribution >= 4 is 10.1 Å². The van der Waals surface area contributed by atoms with Crippen molar-refractivity contribution < 1.29 is 17.7 Å². The first kappa shape index (κ1) is 16.7. The summed E-state index contributed by atoms with van der Waals surface area (Å²) in [6, 6.07) is 6.39. The summed E-state index contributed by atoms with van der Waals surface area (Å²) < 4.78 is 28.5. The van der Waals surface area contributed by atoms with Crippen LogP contribution in [0.5, 0.6) is 0 Å². The summed E-state index contributed by atoms with van der Waals surface area (Å²) in [6.45, 7) is 5.25. The average Bonchev–Trinajstić information content (AvgIpc) is 2.44. The van der Waals surface area contributed by atoms with Crippen molar-refractivity contribution in [1.82, 2.24) is 0 Å². The molecule has 110 valence electrons. The molecule has 4 nitrogen and oxygen atoms in total. The molecule has 0 radical (unpaired) electrons. The Morgan fingerprint density at radius 2 is 1.75 bits per heavy atom. The zero-order valence-electron chi connectivity index (χ0n) is 12.0. The summed E-state index contributed by atoms with van der Waals surface area (Å²) in [6.07, 6.45) is 0.975. The van der Waals surface area contributed by atoms with E-state index in [1.807, 2.05) is 20.8 Å². The summed E-state index contributed by atoms with van der Waals surface area (Å²) in [7, 11) is -3.79. The molecule has 0 unspecified atom stereocenters. The number of aliphatic hydroxyl groups is 1. The highest BCUT2D eigenvalue weighted by Crippen LogP contribution is 2.14. The van der Waals surface area contributed by atoms with E-state index < -0.39 is 15.7 Å². The minimum atomic E-state index is -3.79. The van der Waals surface area contributed by atoms with E-state index >= 15 is 0 Å². The molecule has 0 aliphatic carbocycles. The fourth-order valence-electron chi connectivity index (χ4n) is 1.51. The predicted octanol–water partition coefficient (Wildman–Crippen LogP) is 2.25. The largest absolute Gasteiger partial charge is 0.378 e. The van der Waals surface area contributed by atoms with E-state index in [2.05, 4.69) is 11.8 Å². The lowest BCUT2D eigenvalue weighted by Crippen LogP contribution is -2.24. The van der Waals surface area contributed by atoms with Gasteiger partial charge >= 0.3 is 0 Å². The van der Waals surface area contributed by atoms with Crippen molar-refractivity contribution in [2.24, 2.45) is 0 Å². The second kappa shape index (κ2) is 6.89. The predicted molar refractivity (Wildman–Crippen MR) is 77.6 cm³/mol. The average molecular weight is 296 g/mol. The highest BCUT2D eigenvalue weighted by atomic mass is 32.2. The van der Waals surface area contributed by atoms with E-state index in [9.17, 15) is 13.5 Å². The lowest BCUT2D eigenvalue weighted by molar-refractivity contribution is 0.0928. The summed E-state index contributed by atoms with van der Waals surface area (Å²) >= 11 is 0. The first-order valence-electron chi connectivity index (χ1n) is 6.51. The highest BCUT2D eigenvalue weighted by molar-refractivity contribution is 7.86. The van der Waals surface area contributed by atoms with Crippen LogP contribution in [0, 0.1) is 18.8 Å². The van der Waals surface area contributed by atoms with Crippen molar-refractivity contribution in [1.29, 1.82) is 0 Å².